The molecule has 160 valence electrons. The molecule has 5 rings (SSSR count). The van der Waals surface area contributed by atoms with Crippen LogP contribution in [0.5, 0.6) is 5.75 Å². The van der Waals surface area contributed by atoms with Crippen LogP contribution in [0.3, 0.4) is 0 Å². The molecule has 1 aromatic heterocycles. The van der Waals surface area contributed by atoms with E-state index >= 15 is 0 Å². The first-order chi connectivity index (χ1) is 15.5. The molecule has 0 bridgehead atoms. The highest BCUT2D eigenvalue weighted by molar-refractivity contribution is 5.81. The predicted molar refractivity (Wildman–Crippen MR) is 117 cm³/mol. The minimum atomic E-state index is -4.72. The van der Waals surface area contributed by atoms with Gasteiger partial charge in [0, 0.05) is 17.3 Å². The maximum Gasteiger partial charge on any atom is 0.573 e. The van der Waals surface area contributed by atoms with Crippen molar-refractivity contribution < 1.29 is 17.9 Å². The first-order valence-electron chi connectivity index (χ1n) is 10.1. The number of benzene rings is 3. The molecule has 0 atom stereocenters. The summed E-state index contributed by atoms with van der Waals surface area (Å²) in [7, 11) is 0. The van der Waals surface area contributed by atoms with Crippen LogP contribution < -0.4 is 10.1 Å². The normalized spacial score (nSPS) is 12.6. The lowest BCUT2D eigenvalue weighted by Crippen LogP contribution is -2.16. The van der Waals surface area contributed by atoms with Crippen molar-refractivity contribution in [2.45, 2.75) is 19.2 Å². The number of fused-ring (bicyclic) bond motifs is 3. The molecule has 3 aromatic carbocycles. The molecule has 4 nitrogen and oxygen atoms in total. The van der Waals surface area contributed by atoms with Gasteiger partial charge in [0.05, 0.1) is 5.69 Å². The molecular weight excluding hydrogens is 415 g/mol. The Morgan fingerprint density at radius 1 is 0.781 bits per heavy atom. The molecule has 7 heteroatoms. The molecule has 0 aliphatic heterocycles. The van der Waals surface area contributed by atoms with Crippen molar-refractivity contribution in [3.63, 3.8) is 0 Å². The van der Waals surface area contributed by atoms with E-state index in [4.69, 9.17) is 0 Å². The van der Waals surface area contributed by atoms with Gasteiger partial charge in [-0.3, -0.25) is 0 Å². The highest BCUT2D eigenvalue weighted by Gasteiger charge is 2.31. The summed E-state index contributed by atoms with van der Waals surface area (Å²) in [5.41, 5.74) is 7.51. The molecule has 0 spiro atoms. The lowest BCUT2D eigenvalue weighted by Gasteiger charge is -2.22. The summed E-state index contributed by atoms with van der Waals surface area (Å²) >= 11 is 0. The first kappa shape index (κ1) is 20.1. The number of nitrogens with one attached hydrogen (secondary N) is 1. The van der Waals surface area contributed by atoms with E-state index < -0.39 is 6.36 Å². The predicted octanol–water partition coefficient (Wildman–Crippen LogP) is 6.55. The highest BCUT2D eigenvalue weighted by Crippen LogP contribution is 2.38. The van der Waals surface area contributed by atoms with Crippen molar-refractivity contribution in [1.29, 1.82) is 0 Å². The van der Waals surface area contributed by atoms with Gasteiger partial charge >= 0.3 is 6.36 Å². The molecule has 0 saturated carbocycles. The molecule has 0 fully saturated rings. The molecule has 1 aliphatic carbocycles. The molecule has 0 saturated heterocycles. The zero-order chi connectivity index (χ0) is 22.1. The smallest absolute Gasteiger partial charge is 0.406 e. The summed E-state index contributed by atoms with van der Waals surface area (Å²) < 4.78 is 40.9. The maximum absolute atomic E-state index is 12.3. The summed E-state index contributed by atoms with van der Waals surface area (Å²) in [6.07, 6.45) is -1.33. The third-order valence-electron chi connectivity index (χ3n) is 5.43. The van der Waals surface area contributed by atoms with Gasteiger partial charge in [-0.25, -0.2) is 9.97 Å². The Hall–Kier alpha value is -3.87. The highest BCUT2D eigenvalue weighted by atomic mass is 19.4. The molecule has 1 N–H and O–H groups in total. The van der Waals surface area contributed by atoms with Crippen molar-refractivity contribution >= 4 is 11.5 Å². The van der Waals surface area contributed by atoms with E-state index in [0.29, 0.717) is 11.5 Å². The second-order valence-corrected chi connectivity index (χ2v) is 7.47. The lowest BCUT2D eigenvalue weighted by molar-refractivity contribution is -0.274. The minimum Gasteiger partial charge on any atom is -0.406 e. The van der Waals surface area contributed by atoms with Gasteiger partial charge in [-0.05, 0) is 59.4 Å². The fraction of sp³-hybridized carbons (Fsp3) is 0.120. The number of hydrogen-bond donors (Lipinski definition) is 1. The molecule has 1 aliphatic rings. The SMILES string of the molecule is FC(F)(F)Oc1ccc(Nc2cc(-c3cccc4c3CCc3ccccc3-4)ncn2)cc1. The van der Waals surface area contributed by atoms with Gasteiger partial charge in [-0.1, -0.05) is 42.5 Å². The van der Waals surface area contributed by atoms with Crippen molar-refractivity contribution in [1.82, 2.24) is 9.97 Å². The quantitative estimate of drug-likeness (QED) is 0.396. The Balaban J connectivity index is 1.42. The molecule has 0 unspecified atom stereocenters. The topological polar surface area (TPSA) is 47.0 Å². The molecular formula is C25H18F3N3O. The summed E-state index contributed by atoms with van der Waals surface area (Å²) in [5.74, 6) is 0.274. The van der Waals surface area contributed by atoms with E-state index in [1.807, 2.05) is 12.1 Å². The molecule has 0 radical (unpaired) electrons. The standard InChI is InChI=1S/C25H18F3N3O/c26-25(27,28)32-18-11-9-17(10-12-18)31-24-14-23(29-15-30-24)22-7-3-6-20-19-5-2-1-4-16(19)8-13-21(20)22/h1-7,9-12,14-15H,8,13H2,(H,29,30,31). The van der Waals surface area contributed by atoms with E-state index in [0.717, 1.165) is 24.1 Å². The number of anilines is 2. The third kappa shape index (κ3) is 4.14. The van der Waals surface area contributed by atoms with Crippen molar-refractivity contribution in [3.8, 4) is 28.1 Å². The largest absolute Gasteiger partial charge is 0.573 e. The van der Waals surface area contributed by atoms with Crippen molar-refractivity contribution in [2.24, 2.45) is 0 Å². The maximum atomic E-state index is 12.3. The molecule has 4 aromatic rings. The Morgan fingerprint density at radius 2 is 1.53 bits per heavy atom. The van der Waals surface area contributed by atoms with Gasteiger partial charge in [0.15, 0.2) is 0 Å². The van der Waals surface area contributed by atoms with Crippen LogP contribution in [0, 0.1) is 0 Å². The molecule has 0 amide bonds. The van der Waals surface area contributed by atoms with Crippen LogP contribution in [0.4, 0.5) is 24.7 Å². The fourth-order valence-electron chi connectivity index (χ4n) is 4.07. The van der Waals surface area contributed by atoms with Gasteiger partial charge in [-0.2, -0.15) is 0 Å². The van der Waals surface area contributed by atoms with Crippen LogP contribution in [0.25, 0.3) is 22.4 Å². The van der Waals surface area contributed by atoms with Crippen LogP contribution in [-0.2, 0) is 12.8 Å². The van der Waals surface area contributed by atoms with E-state index in [1.54, 1.807) is 0 Å². The Morgan fingerprint density at radius 3 is 2.34 bits per heavy atom. The Bertz CT molecular complexity index is 1270. The van der Waals surface area contributed by atoms with E-state index in [1.165, 1.54) is 52.8 Å². The Kier molecular flexibility index (Phi) is 5.01. The number of ether oxygens (including phenoxy) is 1. The lowest BCUT2D eigenvalue weighted by atomic mass is 9.83. The molecule has 32 heavy (non-hydrogen) atoms. The van der Waals surface area contributed by atoms with Crippen LogP contribution in [-0.4, -0.2) is 16.3 Å². The fourth-order valence-corrected chi connectivity index (χ4v) is 4.07. The van der Waals surface area contributed by atoms with E-state index in [9.17, 15) is 13.2 Å². The second-order valence-electron chi connectivity index (χ2n) is 7.47. The van der Waals surface area contributed by atoms with Gasteiger partial charge in [-0.15, -0.1) is 13.2 Å². The van der Waals surface area contributed by atoms with Gasteiger partial charge in [0.25, 0.3) is 0 Å². The van der Waals surface area contributed by atoms with Crippen molar-refractivity contribution in [2.75, 3.05) is 5.32 Å². The number of aromatic nitrogens is 2. The number of alkyl halides is 3. The average Bonchev–Trinajstić information content (AvgIpc) is 2.79. The van der Waals surface area contributed by atoms with E-state index in [-0.39, 0.29) is 5.75 Å². The number of aryl methyl sites for hydroxylation is 1. The zero-order valence-electron chi connectivity index (χ0n) is 16.9. The van der Waals surface area contributed by atoms with Crippen LogP contribution in [0.1, 0.15) is 11.1 Å². The van der Waals surface area contributed by atoms with Crippen LogP contribution in [0.15, 0.2) is 79.1 Å². The van der Waals surface area contributed by atoms with Gasteiger partial charge in [0.1, 0.15) is 17.9 Å². The van der Waals surface area contributed by atoms with E-state index in [2.05, 4.69) is 56.4 Å². The van der Waals surface area contributed by atoms with Crippen LogP contribution in [0.2, 0.25) is 0 Å². The molecule has 1 heterocycles. The summed E-state index contributed by atoms with van der Waals surface area (Å²) in [4.78, 5) is 8.73. The Labute approximate surface area is 182 Å². The zero-order valence-corrected chi connectivity index (χ0v) is 16.9. The average molecular weight is 433 g/mol. The number of hydrogen-bond acceptors (Lipinski definition) is 4. The van der Waals surface area contributed by atoms with Gasteiger partial charge < -0.3 is 10.1 Å². The monoisotopic (exact) mass is 433 g/mol. The first-order valence-corrected chi connectivity index (χ1v) is 10.1. The third-order valence-corrected chi connectivity index (χ3v) is 5.43. The van der Waals surface area contributed by atoms with Crippen molar-refractivity contribution in [3.05, 3.63) is 90.3 Å². The number of rotatable bonds is 4. The van der Waals surface area contributed by atoms with Crippen LogP contribution >= 0.6 is 0 Å². The minimum absolute atomic E-state index is 0.275. The summed E-state index contributed by atoms with van der Waals surface area (Å²) in [5, 5.41) is 3.11. The summed E-state index contributed by atoms with van der Waals surface area (Å²) in [6.45, 7) is 0. The number of nitrogens with zero attached hydrogens (tertiary/aromatic N) is 2. The van der Waals surface area contributed by atoms with Gasteiger partial charge in [0.2, 0.25) is 0 Å². The second kappa shape index (κ2) is 8.00. The summed E-state index contributed by atoms with van der Waals surface area (Å²) in [6, 6.07) is 22.0. The number of halogens is 3.